The number of rotatable bonds is 2. The average Bonchev–Trinajstić information content (AvgIpc) is 2.13. The van der Waals surface area contributed by atoms with Gasteiger partial charge in [-0.25, -0.2) is 0 Å². The van der Waals surface area contributed by atoms with Gasteiger partial charge in [-0.05, 0) is 41.1 Å². The summed E-state index contributed by atoms with van der Waals surface area (Å²) in [6.07, 6.45) is 2.28. The Kier molecular flexibility index (Phi) is 3.32. The van der Waals surface area contributed by atoms with Crippen LogP contribution < -0.4 is 0 Å². The number of hydrogen-bond donors (Lipinski definition) is 1. The Balaban J connectivity index is 3.26. The summed E-state index contributed by atoms with van der Waals surface area (Å²) in [6.45, 7) is 3.59. The lowest BCUT2D eigenvalue weighted by atomic mass is 10.1. The standard InChI is InChI=1S/C10H8INO/c1-2-3-8-4-7(6-12)5-9(11)10(8)13/h2,4-5,13H,1,3H2. The second-order valence-electron chi connectivity index (χ2n) is 2.57. The van der Waals surface area contributed by atoms with E-state index >= 15 is 0 Å². The van der Waals surface area contributed by atoms with Crippen molar-refractivity contribution in [3.8, 4) is 11.8 Å². The lowest BCUT2D eigenvalue weighted by Crippen LogP contribution is -1.88. The van der Waals surface area contributed by atoms with Crippen LogP contribution in [0.1, 0.15) is 11.1 Å². The van der Waals surface area contributed by atoms with Crippen LogP contribution in [0.4, 0.5) is 0 Å². The molecule has 1 aromatic carbocycles. The third-order valence-corrected chi connectivity index (χ3v) is 2.46. The molecule has 0 unspecified atom stereocenters. The molecule has 66 valence electrons. The predicted octanol–water partition coefficient (Wildman–Crippen LogP) is 2.60. The molecule has 0 aliphatic carbocycles. The third-order valence-electron chi connectivity index (χ3n) is 1.64. The smallest absolute Gasteiger partial charge is 0.132 e. The second-order valence-corrected chi connectivity index (χ2v) is 3.73. The molecule has 0 heterocycles. The van der Waals surface area contributed by atoms with Crippen molar-refractivity contribution in [1.82, 2.24) is 0 Å². The van der Waals surface area contributed by atoms with Crippen LogP contribution in [0.5, 0.6) is 5.75 Å². The highest BCUT2D eigenvalue weighted by atomic mass is 127. The molecule has 0 atom stereocenters. The van der Waals surface area contributed by atoms with Gasteiger partial charge in [0.25, 0.3) is 0 Å². The van der Waals surface area contributed by atoms with E-state index in [1.54, 1.807) is 18.2 Å². The molecule has 0 bridgehead atoms. The van der Waals surface area contributed by atoms with E-state index in [9.17, 15) is 5.11 Å². The van der Waals surface area contributed by atoms with Crippen molar-refractivity contribution in [1.29, 1.82) is 5.26 Å². The van der Waals surface area contributed by atoms with Gasteiger partial charge in [0.05, 0.1) is 15.2 Å². The van der Waals surface area contributed by atoms with Gasteiger partial charge in [0.2, 0.25) is 0 Å². The molecule has 2 nitrogen and oxygen atoms in total. The quantitative estimate of drug-likeness (QED) is 0.670. The first kappa shape index (κ1) is 10.1. The van der Waals surface area contributed by atoms with E-state index in [1.165, 1.54) is 0 Å². The highest BCUT2D eigenvalue weighted by molar-refractivity contribution is 14.1. The third kappa shape index (κ3) is 2.22. The van der Waals surface area contributed by atoms with Gasteiger partial charge in [0.1, 0.15) is 5.75 Å². The number of halogens is 1. The van der Waals surface area contributed by atoms with Crippen LogP contribution in [0, 0.1) is 14.9 Å². The van der Waals surface area contributed by atoms with E-state index in [2.05, 4.69) is 6.58 Å². The van der Waals surface area contributed by atoms with E-state index in [4.69, 9.17) is 5.26 Å². The van der Waals surface area contributed by atoms with Gasteiger partial charge in [-0.1, -0.05) is 6.08 Å². The summed E-state index contributed by atoms with van der Waals surface area (Å²) in [7, 11) is 0. The normalized spacial score (nSPS) is 9.23. The Morgan fingerprint density at radius 1 is 1.62 bits per heavy atom. The highest BCUT2D eigenvalue weighted by Crippen LogP contribution is 2.26. The molecule has 1 aromatic rings. The lowest BCUT2D eigenvalue weighted by Gasteiger charge is -2.04. The molecular weight excluding hydrogens is 277 g/mol. The largest absolute Gasteiger partial charge is 0.507 e. The van der Waals surface area contributed by atoms with E-state index in [1.807, 2.05) is 28.7 Å². The van der Waals surface area contributed by atoms with Gasteiger partial charge >= 0.3 is 0 Å². The average molecular weight is 285 g/mol. The second kappa shape index (κ2) is 4.28. The Morgan fingerprint density at radius 3 is 2.85 bits per heavy atom. The number of phenols is 1. The fourth-order valence-corrected chi connectivity index (χ4v) is 1.71. The summed E-state index contributed by atoms with van der Waals surface area (Å²) in [4.78, 5) is 0. The zero-order valence-corrected chi connectivity index (χ0v) is 9.08. The Labute approximate surface area is 90.7 Å². The van der Waals surface area contributed by atoms with Gasteiger partial charge in [0.15, 0.2) is 0 Å². The summed E-state index contributed by atoms with van der Waals surface area (Å²) in [5.41, 5.74) is 1.32. The van der Waals surface area contributed by atoms with Crippen LogP contribution in [0.15, 0.2) is 24.8 Å². The van der Waals surface area contributed by atoms with Crippen molar-refractivity contribution < 1.29 is 5.11 Å². The van der Waals surface area contributed by atoms with Crippen LogP contribution in [0.25, 0.3) is 0 Å². The van der Waals surface area contributed by atoms with Gasteiger partial charge in [0, 0.05) is 5.56 Å². The number of allylic oxidation sites excluding steroid dienone is 1. The molecule has 1 rings (SSSR count). The Hall–Kier alpha value is -1.02. The van der Waals surface area contributed by atoms with Crippen molar-refractivity contribution in [2.45, 2.75) is 6.42 Å². The summed E-state index contributed by atoms with van der Waals surface area (Å²) in [5.74, 6) is 0.250. The van der Waals surface area contributed by atoms with Crippen LogP contribution in [-0.2, 0) is 6.42 Å². The molecule has 0 fully saturated rings. The molecule has 0 aliphatic heterocycles. The molecule has 0 amide bonds. The van der Waals surface area contributed by atoms with Crippen LogP contribution in [0.3, 0.4) is 0 Å². The maximum atomic E-state index is 9.58. The number of phenolic OH excluding ortho intramolecular Hbond substituents is 1. The Bertz CT molecular complexity index is 379. The zero-order chi connectivity index (χ0) is 9.84. The molecule has 13 heavy (non-hydrogen) atoms. The van der Waals surface area contributed by atoms with Crippen molar-refractivity contribution in [2.75, 3.05) is 0 Å². The number of aromatic hydroxyl groups is 1. The summed E-state index contributed by atoms with van der Waals surface area (Å²) >= 11 is 2.00. The van der Waals surface area contributed by atoms with Crippen molar-refractivity contribution in [3.05, 3.63) is 39.5 Å². The molecule has 0 spiro atoms. The van der Waals surface area contributed by atoms with Crippen molar-refractivity contribution in [3.63, 3.8) is 0 Å². The van der Waals surface area contributed by atoms with E-state index in [0.717, 1.165) is 5.56 Å². The molecule has 3 heteroatoms. The maximum Gasteiger partial charge on any atom is 0.132 e. The molecule has 0 aliphatic rings. The first-order valence-corrected chi connectivity index (χ1v) is 4.79. The summed E-state index contributed by atoms with van der Waals surface area (Å²) in [6, 6.07) is 5.38. The molecule has 1 N–H and O–H groups in total. The SMILES string of the molecule is C=CCc1cc(C#N)cc(I)c1O. The number of benzene rings is 1. The van der Waals surface area contributed by atoms with Crippen molar-refractivity contribution >= 4 is 22.6 Å². The first-order chi connectivity index (χ1) is 6.19. The minimum absolute atomic E-state index is 0.250. The van der Waals surface area contributed by atoms with Crippen molar-refractivity contribution in [2.24, 2.45) is 0 Å². The molecular formula is C10H8INO. The molecule has 0 saturated carbocycles. The molecule has 0 aromatic heterocycles. The summed E-state index contributed by atoms with van der Waals surface area (Å²) < 4.78 is 0.702. The first-order valence-electron chi connectivity index (χ1n) is 3.71. The summed E-state index contributed by atoms with van der Waals surface area (Å²) in [5, 5.41) is 18.3. The maximum absolute atomic E-state index is 9.58. The fourth-order valence-electron chi connectivity index (χ4n) is 1.03. The predicted molar refractivity (Wildman–Crippen MR) is 59.4 cm³/mol. The van der Waals surface area contributed by atoms with Crippen LogP contribution in [-0.4, -0.2) is 5.11 Å². The topological polar surface area (TPSA) is 44.0 Å². The van der Waals surface area contributed by atoms with Gasteiger partial charge < -0.3 is 5.11 Å². The Morgan fingerprint density at radius 2 is 2.31 bits per heavy atom. The van der Waals surface area contributed by atoms with Gasteiger partial charge in [-0.2, -0.15) is 5.26 Å². The minimum Gasteiger partial charge on any atom is -0.507 e. The molecule has 0 saturated heterocycles. The number of hydrogen-bond acceptors (Lipinski definition) is 2. The van der Waals surface area contributed by atoms with Crippen LogP contribution >= 0.6 is 22.6 Å². The number of nitrogens with zero attached hydrogens (tertiary/aromatic N) is 1. The van der Waals surface area contributed by atoms with E-state index in [-0.39, 0.29) is 5.75 Å². The molecule has 0 radical (unpaired) electrons. The van der Waals surface area contributed by atoms with Gasteiger partial charge in [-0.3, -0.25) is 0 Å². The minimum atomic E-state index is 0.250. The fraction of sp³-hybridized carbons (Fsp3) is 0.100. The number of nitriles is 1. The highest BCUT2D eigenvalue weighted by Gasteiger charge is 2.06. The lowest BCUT2D eigenvalue weighted by molar-refractivity contribution is 0.466. The van der Waals surface area contributed by atoms with E-state index < -0.39 is 0 Å². The monoisotopic (exact) mass is 285 g/mol. The zero-order valence-electron chi connectivity index (χ0n) is 6.92. The van der Waals surface area contributed by atoms with Crippen LogP contribution in [0.2, 0.25) is 0 Å². The van der Waals surface area contributed by atoms with Gasteiger partial charge in [-0.15, -0.1) is 6.58 Å². The van der Waals surface area contributed by atoms with E-state index in [0.29, 0.717) is 15.6 Å².